The third-order valence-electron chi connectivity index (χ3n) is 5.20. The SMILES string of the molecule is COc1cc(C(=O)N2CCCc3c(C(=O)NC(C)C)cccc32)cc(Cl)c1OCC(C)C. The zero-order valence-corrected chi connectivity index (χ0v) is 20.1. The van der Waals surface area contributed by atoms with Gasteiger partial charge in [0, 0.05) is 29.4 Å². The van der Waals surface area contributed by atoms with Gasteiger partial charge in [-0.1, -0.05) is 31.5 Å². The summed E-state index contributed by atoms with van der Waals surface area (Å²) in [6, 6.07) is 8.82. The Balaban J connectivity index is 1.95. The van der Waals surface area contributed by atoms with E-state index in [1.165, 1.54) is 7.11 Å². The van der Waals surface area contributed by atoms with Gasteiger partial charge in [-0.15, -0.1) is 0 Å². The van der Waals surface area contributed by atoms with Crippen molar-refractivity contribution in [1.82, 2.24) is 5.32 Å². The Bertz CT molecular complexity index is 1000. The molecule has 7 heteroatoms. The predicted molar refractivity (Wildman–Crippen MR) is 127 cm³/mol. The molecule has 2 aromatic carbocycles. The van der Waals surface area contributed by atoms with Crippen LogP contribution in [0, 0.1) is 5.92 Å². The maximum atomic E-state index is 13.5. The van der Waals surface area contributed by atoms with Gasteiger partial charge in [0.25, 0.3) is 11.8 Å². The lowest BCUT2D eigenvalue weighted by Crippen LogP contribution is -2.37. The Labute approximate surface area is 194 Å². The molecule has 0 radical (unpaired) electrons. The van der Waals surface area contributed by atoms with Crippen molar-refractivity contribution in [1.29, 1.82) is 0 Å². The summed E-state index contributed by atoms with van der Waals surface area (Å²) in [6.07, 6.45) is 1.51. The number of amides is 2. The summed E-state index contributed by atoms with van der Waals surface area (Å²) < 4.78 is 11.3. The summed E-state index contributed by atoms with van der Waals surface area (Å²) in [5, 5.41) is 3.27. The van der Waals surface area contributed by atoms with Crippen molar-refractivity contribution in [2.45, 2.75) is 46.6 Å². The molecular weight excluding hydrogens is 428 g/mol. The molecule has 1 N–H and O–H groups in total. The van der Waals surface area contributed by atoms with Crippen LogP contribution in [-0.2, 0) is 6.42 Å². The first kappa shape index (κ1) is 23.9. The van der Waals surface area contributed by atoms with Crippen LogP contribution in [0.4, 0.5) is 5.69 Å². The van der Waals surface area contributed by atoms with E-state index < -0.39 is 0 Å². The van der Waals surface area contributed by atoms with Crippen molar-refractivity contribution < 1.29 is 19.1 Å². The summed E-state index contributed by atoms with van der Waals surface area (Å²) >= 11 is 6.47. The fourth-order valence-corrected chi connectivity index (χ4v) is 4.04. The molecule has 2 amide bonds. The summed E-state index contributed by atoms with van der Waals surface area (Å²) in [5.41, 5.74) is 2.67. The average Bonchev–Trinajstić information content (AvgIpc) is 2.75. The van der Waals surface area contributed by atoms with Crippen molar-refractivity contribution in [3.05, 3.63) is 52.0 Å². The molecule has 1 aliphatic heterocycles. The number of nitrogens with zero attached hydrogens (tertiary/aromatic N) is 1. The standard InChI is InChI=1S/C25H31ClN2O4/c1-15(2)14-32-23-20(26)12-17(13-22(23)31-5)25(30)28-11-7-9-18-19(8-6-10-21(18)28)24(29)27-16(3)4/h6,8,10,12-13,15-16H,7,9,11,14H2,1-5H3,(H,27,29). The maximum Gasteiger partial charge on any atom is 0.258 e. The fourth-order valence-electron chi connectivity index (χ4n) is 3.78. The number of methoxy groups -OCH3 is 1. The number of anilines is 1. The number of benzene rings is 2. The van der Waals surface area contributed by atoms with E-state index >= 15 is 0 Å². The third kappa shape index (κ3) is 5.18. The maximum absolute atomic E-state index is 13.5. The second kappa shape index (κ2) is 10.3. The molecule has 0 saturated carbocycles. The number of hydrogen-bond acceptors (Lipinski definition) is 4. The normalized spacial score (nSPS) is 13.2. The number of carbonyl (C=O) groups is 2. The second-order valence-electron chi connectivity index (χ2n) is 8.69. The highest BCUT2D eigenvalue weighted by Crippen LogP contribution is 2.38. The molecule has 0 spiro atoms. The van der Waals surface area contributed by atoms with E-state index in [1.54, 1.807) is 17.0 Å². The smallest absolute Gasteiger partial charge is 0.258 e. The Kier molecular flexibility index (Phi) is 7.67. The minimum Gasteiger partial charge on any atom is -0.493 e. The van der Waals surface area contributed by atoms with Crippen LogP contribution in [0.5, 0.6) is 11.5 Å². The first-order valence-electron chi connectivity index (χ1n) is 11.0. The van der Waals surface area contributed by atoms with Crippen LogP contribution in [0.1, 0.15) is 60.4 Å². The highest BCUT2D eigenvalue weighted by atomic mass is 35.5. The van der Waals surface area contributed by atoms with Crippen molar-refractivity contribution in [3.63, 3.8) is 0 Å². The van der Waals surface area contributed by atoms with Crippen molar-refractivity contribution in [2.24, 2.45) is 5.92 Å². The van der Waals surface area contributed by atoms with Gasteiger partial charge in [-0.2, -0.15) is 0 Å². The number of halogens is 1. The number of rotatable bonds is 7. The van der Waals surface area contributed by atoms with Crippen molar-refractivity contribution in [3.8, 4) is 11.5 Å². The molecule has 6 nitrogen and oxygen atoms in total. The predicted octanol–water partition coefficient (Wildman–Crippen LogP) is 5.11. The minimum atomic E-state index is -0.192. The number of nitrogens with one attached hydrogen (secondary N) is 1. The van der Waals surface area contributed by atoms with Crippen LogP contribution in [-0.4, -0.2) is 38.1 Å². The molecule has 32 heavy (non-hydrogen) atoms. The average molecular weight is 459 g/mol. The highest BCUT2D eigenvalue weighted by molar-refractivity contribution is 6.33. The van der Waals surface area contributed by atoms with Gasteiger partial charge in [-0.05, 0) is 62.4 Å². The van der Waals surface area contributed by atoms with E-state index in [0.29, 0.717) is 46.7 Å². The van der Waals surface area contributed by atoms with Gasteiger partial charge in [0.05, 0.1) is 18.7 Å². The van der Waals surface area contributed by atoms with Crippen LogP contribution in [0.3, 0.4) is 0 Å². The van der Waals surface area contributed by atoms with Crippen LogP contribution in [0.2, 0.25) is 5.02 Å². The Hall–Kier alpha value is -2.73. The van der Waals surface area contributed by atoms with Gasteiger partial charge < -0.3 is 19.7 Å². The Morgan fingerprint density at radius 3 is 2.59 bits per heavy atom. The monoisotopic (exact) mass is 458 g/mol. The third-order valence-corrected chi connectivity index (χ3v) is 5.48. The zero-order chi connectivity index (χ0) is 23.4. The molecule has 0 bridgehead atoms. The van der Waals surface area contributed by atoms with Gasteiger partial charge in [0.2, 0.25) is 0 Å². The lowest BCUT2D eigenvalue weighted by molar-refractivity contribution is 0.0938. The van der Waals surface area contributed by atoms with Gasteiger partial charge in [-0.25, -0.2) is 0 Å². The Morgan fingerprint density at radius 2 is 1.94 bits per heavy atom. The molecule has 0 atom stereocenters. The van der Waals surface area contributed by atoms with E-state index in [9.17, 15) is 9.59 Å². The topological polar surface area (TPSA) is 67.9 Å². The van der Waals surface area contributed by atoms with Crippen molar-refractivity contribution >= 4 is 29.1 Å². The fraction of sp³-hybridized carbons (Fsp3) is 0.440. The van der Waals surface area contributed by atoms with E-state index in [2.05, 4.69) is 5.32 Å². The van der Waals surface area contributed by atoms with E-state index in [1.807, 2.05) is 45.9 Å². The first-order valence-corrected chi connectivity index (χ1v) is 11.4. The van der Waals surface area contributed by atoms with Gasteiger partial charge in [0.1, 0.15) is 0 Å². The number of hydrogen-bond donors (Lipinski definition) is 1. The van der Waals surface area contributed by atoms with Crippen molar-refractivity contribution in [2.75, 3.05) is 25.2 Å². The van der Waals surface area contributed by atoms with E-state index in [-0.39, 0.29) is 17.9 Å². The molecule has 2 aromatic rings. The number of carbonyl (C=O) groups excluding carboxylic acids is 2. The van der Waals surface area contributed by atoms with Crippen LogP contribution < -0.4 is 19.7 Å². The molecule has 1 heterocycles. The highest BCUT2D eigenvalue weighted by Gasteiger charge is 2.28. The molecule has 0 aromatic heterocycles. The van der Waals surface area contributed by atoms with Crippen LogP contribution in [0.15, 0.2) is 30.3 Å². The lowest BCUT2D eigenvalue weighted by atomic mass is 9.95. The van der Waals surface area contributed by atoms with E-state index in [0.717, 1.165) is 24.1 Å². The molecule has 0 saturated heterocycles. The quantitative estimate of drug-likeness (QED) is 0.625. The van der Waals surface area contributed by atoms with Gasteiger partial charge in [0.15, 0.2) is 11.5 Å². The molecule has 0 aliphatic carbocycles. The largest absolute Gasteiger partial charge is 0.493 e. The second-order valence-corrected chi connectivity index (χ2v) is 9.09. The number of ether oxygens (including phenoxy) is 2. The van der Waals surface area contributed by atoms with Crippen LogP contribution >= 0.6 is 11.6 Å². The first-order chi connectivity index (χ1) is 15.2. The molecule has 1 aliphatic rings. The molecule has 0 fully saturated rings. The minimum absolute atomic E-state index is 0.0331. The number of fused-ring (bicyclic) bond motifs is 1. The molecule has 0 unspecified atom stereocenters. The summed E-state index contributed by atoms with van der Waals surface area (Å²) in [6.45, 7) is 8.99. The van der Waals surface area contributed by atoms with Gasteiger partial charge in [-0.3, -0.25) is 9.59 Å². The summed E-state index contributed by atoms with van der Waals surface area (Å²) in [7, 11) is 1.53. The van der Waals surface area contributed by atoms with E-state index in [4.69, 9.17) is 21.1 Å². The zero-order valence-electron chi connectivity index (χ0n) is 19.3. The molecular formula is C25H31ClN2O4. The van der Waals surface area contributed by atoms with Crippen LogP contribution in [0.25, 0.3) is 0 Å². The summed E-state index contributed by atoms with van der Waals surface area (Å²) in [4.78, 5) is 27.9. The molecule has 172 valence electrons. The van der Waals surface area contributed by atoms with Gasteiger partial charge >= 0.3 is 0 Å². The summed E-state index contributed by atoms with van der Waals surface area (Å²) in [5.74, 6) is 0.865. The molecule has 3 rings (SSSR count). The lowest BCUT2D eigenvalue weighted by Gasteiger charge is -2.31. The Morgan fingerprint density at radius 1 is 1.19 bits per heavy atom.